The van der Waals surface area contributed by atoms with Crippen LogP contribution in [0, 0.1) is 5.92 Å². The lowest BCUT2D eigenvalue weighted by Gasteiger charge is -2.12. The third-order valence-corrected chi connectivity index (χ3v) is 6.13. The minimum Gasteiger partial charge on any atom is -0.490 e. The van der Waals surface area contributed by atoms with Gasteiger partial charge in [0.15, 0.2) is 0 Å². The Labute approximate surface area is 179 Å². The molecule has 0 aliphatic heterocycles. The molecule has 1 aromatic heterocycles. The van der Waals surface area contributed by atoms with Gasteiger partial charge in [0.05, 0.1) is 12.2 Å². The van der Waals surface area contributed by atoms with Gasteiger partial charge in [-0.05, 0) is 37.6 Å². The molecule has 168 valence electrons. The summed E-state index contributed by atoms with van der Waals surface area (Å²) in [6.07, 6.45) is 1.28. The molecule has 0 spiro atoms. The highest BCUT2D eigenvalue weighted by Gasteiger charge is 2.53. The number of ether oxygens (including phenoxy) is 1. The van der Waals surface area contributed by atoms with Crippen molar-refractivity contribution in [3.05, 3.63) is 42.6 Å². The Morgan fingerprint density at radius 1 is 1.26 bits per heavy atom. The highest BCUT2D eigenvalue weighted by molar-refractivity contribution is 7.89. The molecule has 1 fully saturated rings. The van der Waals surface area contributed by atoms with Crippen LogP contribution in [0.2, 0.25) is 0 Å². The molecule has 11 heteroatoms. The van der Waals surface area contributed by atoms with E-state index >= 15 is 0 Å². The van der Waals surface area contributed by atoms with Gasteiger partial charge < -0.3 is 15.4 Å². The van der Waals surface area contributed by atoms with Gasteiger partial charge in [-0.2, -0.15) is 0 Å². The van der Waals surface area contributed by atoms with Crippen molar-refractivity contribution in [2.75, 3.05) is 23.8 Å². The number of halogens is 2. The molecular formula is C20H24F2N4O4S. The topological polar surface area (TPSA) is 109 Å². The Bertz CT molecular complexity index is 1030. The Kier molecular flexibility index (Phi) is 6.75. The van der Waals surface area contributed by atoms with Crippen LogP contribution in [0.1, 0.15) is 20.3 Å². The summed E-state index contributed by atoms with van der Waals surface area (Å²) in [6, 6.07) is 9.10. The molecule has 3 rings (SSSR count). The van der Waals surface area contributed by atoms with Gasteiger partial charge in [0.25, 0.3) is 0 Å². The van der Waals surface area contributed by atoms with Gasteiger partial charge in [-0.1, -0.05) is 12.1 Å². The van der Waals surface area contributed by atoms with Crippen LogP contribution < -0.4 is 20.1 Å². The maximum Gasteiger partial charge on any atom is 0.249 e. The predicted octanol–water partition coefficient (Wildman–Crippen LogP) is 2.85. The van der Waals surface area contributed by atoms with E-state index in [2.05, 4.69) is 20.3 Å². The summed E-state index contributed by atoms with van der Waals surface area (Å²) in [5.41, 5.74) is 0.564. The summed E-state index contributed by atoms with van der Waals surface area (Å²) in [5, 5.41) is 5.68. The number of para-hydroxylation sites is 2. The van der Waals surface area contributed by atoms with Gasteiger partial charge in [0.2, 0.25) is 21.9 Å². The Balaban J connectivity index is 1.49. The van der Waals surface area contributed by atoms with E-state index in [1.165, 1.54) is 25.3 Å². The fraction of sp³-hybridized carbons (Fsp3) is 0.400. The van der Waals surface area contributed by atoms with E-state index < -0.39 is 27.9 Å². The van der Waals surface area contributed by atoms with Gasteiger partial charge in [-0.3, -0.25) is 4.79 Å². The number of hydrogen-bond acceptors (Lipinski definition) is 6. The van der Waals surface area contributed by atoms with E-state index in [-0.39, 0.29) is 23.8 Å². The van der Waals surface area contributed by atoms with Crippen molar-refractivity contribution in [2.45, 2.75) is 37.1 Å². The second-order valence-electron chi connectivity index (χ2n) is 7.36. The summed E-state index contributed by atoms with van der Waals surface area (Å²) in [5.74, 6) is -3.14. The lowest BCUT2D eigenvalue weighted by molar-refractivity contribution is -0.114. The van der Waals surface area contributed by atoms with Gasteiger partial charge in [0, 0.05) is 25.1 Å². The summed E-state index contributed by atoms with van der Waals surface area (Å²) in [7, 11) is -3.92. The predicted molar refractivity (Wildman–Crippen MR) is 112 cm³/mol. The molecule has 0 saturated heterocycles. The number of anilines is 2. The molecule has 0 radical (unpaired) electrons. The zero-order chi connectivity index (χ0) is 22.6. The SMILES string of the molecule is CC(=O)Nc1ccccc1OCCNc1ccc(S(=O)(=O)N[C@@H]2C[C@H]2C(C)(F)F)cn1. The average molecular weight is 454 g/mol. The summed E-state index contributed by atoms with van der Waals surface area (Å²) in [6.45, 7) is 2.84. The number of amides is 1. The number of benzene rings is 1. The third-order valence-electron chi connectivity index (χ3n) is 4.66. The molecule has 1 heterocycles. The number of rotatable bonds is 10. The standard InChI is InChI=1S/C20H24F2N4O4S/c1-13(27)25-16-5-3-4-6-18(16)30-10-9-23-19-8-7-14(12-24-19)31(28,29)26-17-11-15(17)20(2,21)22/h3-8,12,15,17,26H,9-11H2,1-2H3,(H,23,24)(H,25,27)/t15-,17-/m1/s1. The van der Waals surface area contributed by atoms with Crippen LogP contribution in [-0.4, -0.2) is 44.4 Å². The molecule has 0 bridgehead atoms. The van der Waals surface area contributed by atoms with Crippen LogP contribution in [-0.2, 0) is 14.8 Å². The van der Waals surface area contributed by atoms with E-state index in [9.17, 15) is 22.0 Å². The number of aromatic nitrogens is 1. The molecule has 1 aliphatic carbocycles. The minimum atomic E-state index is -3.92. The first-order chi connectivity index (χ1) is 14.6. The maximum atomic E-state index is 13.2. The molecule has 31 heavy (non-hydrogen) atoms. The van der Waals surface area contributed by atoms with E-state index in [1.807, 2.05) is 0 Å². The second-order valence-corrected chi connectivity index (χ2v) is 9.07. The molecule has 1 aromatic carbocycles. The van der Waals surface area contributed by atoms with Crippen molar-refractivity contribution in [2.24, 2.45) is 5.92 Å². The number of hydrogen-bond donors (Lipinski definition) is 3. The summed E-state index contributed by atoms with van der Waals surface area (Å²) >= 11 is 0. The first kappa shape index (κ1) is 22.9. The van der Waals surface area contributed by atoms with E-state index in [0.29, 0.717) is 23.8 Å². The van der Waals surface area contributed by atoms with E-state index in [4.69, 9.17) is 4.74 Å². The molecule has 3 N–H and O–H groups in total. The van der Waals surface area contributed by atoms with Crippen LogP contribution >= 0.6 is 0 Å². The molecular weight excluding hydrogens is 430 g/mol. The molecule has 2 aromatic rings. The molecule has 2 atom stereocenters. The van der Waals surface area contributed by atoms with Crippen molar-refractivity contribution in [3.8, 4) is 5.75 Å². The Hall–Kier alpha value is -2.79. The van der Waals surface area contributed by atoms with Crippen LogP contribution in [0.25, 0.3) is 0 Å². The van der Waals surface area contributed by atoms with Gasteiger partial charge in [-0.15, -0.1) is 0 Å². The van der Waals surface area contributed by atoms with Crippen LogP contribution in [0.3, 0.4) is 0 Å². The minimum absolute atomic E-state index is 0.0939. The maximum absolute atomic E-state index is 13.2. The Morgan fingerprint density at radius 2 is 2.00 bits per heavy atom. The summed E-state index contributed by atoms with van der Waals surface area (Å²) in [4.78, 5) is 15.2. The number of pyridine rings is 1. The van der Waals surface area contributed by atoms with Crippen molar-refractivity contribution < 1.29 is 26.7 Å². The normalized spacial score (nSPS) is 18.3. The lowest BCUT2D eigenvalue weighted by Crippen LogP contribution is -2.30. The van der Waals surface area contributed by atoms with Gasteiger partial charge in [-0.25, -0.2) is 26.9 Å². The molecule has 1 amide bonds. The van der Waals surface area contributed by atoms with Crippen molar-refractivity contribution in [1.82, 2.24) is 9.71 Å². The van der Waals surface area contributed by atoms with Crippen LogP contribution in [0.5, 0.6) is 5.75 Å². The van der Waals surface area contributed by atoms with Gasteiger partial charge >= 0.3 is 0 Å². The molecule has 1 aliphatic rings. The number of carbonyl (C=O) groups is 1. The molecule has 0 unspecified atom stereocenters. The van der Waals surface area contributed by atoms with Crippen molar-refractivity contribution in [1.29, 1.82) is 0 Å². The largest absolute Gasteiger partial charge is 0.490 e. The lowest BCUT2D eigenvalue weighted by atomic mass is 10.2. The zero-order valence-electron chi connectivity index (χ0n) is 17.1. The van der Waals surface area contributed by atoms with Crippen molar-refractivity contribution in [3.63, 3.8) is 0 Å². The number of sulfonamides is 1. The number of alkyl halides is 2. The fourth-order valence-corrected chi connectivity index (χ4v) is 4.26. The highest BCUT2D eigenvalue weighted by atomic mass is 32.2. The Morgan fingerprint density at radius 3 is 2.61 bits per heavy atom. The summed E-state index contributed by atoms with van der Waals surface area (Å²) < 4.78 is 59.1. The quantitative estimate of drug-likeness (QED) is 0.477. The second kappa shape index (κ2) is 9.15. The molecule has 8 nitrogen and oxygen atoms in total. The van der Waals surface area contributed by atoms with E-state index in [1.54, 1.807) is 24.3 Å². The highest BCUT2D eigenvalue weighted by Crippen LogP contribution is 2.43. The molecule has 1 saturated carbocycles. The fourth-order valence-electron chi connectivity index (χ4n) is 3.02. The van der Waals surface area contributed by atoms with Crippen molar-refractivity contribution >= 4 is 27.4 Å². The first-order valence-electron chi connectivity index (χ1n) is 9.66. The van der Waals surface area contributed by atoms with Crippen LogP contribution in [0.4, 0.5) is 20.3 Å². The first-order valence-corrected chi connectivity index (χ1v) is 11.1. The van der Waals surface area contributed by atoms with Gasteiger partial charge in [0.1, 0.15) is 23.1 Å². The third kappa shape index (κ3) is 6.34. The van der Waals surface area contributed by atoms with E-state index in [0.717, 1.165) is 6.92 Å². The number of nitrogens with one attached hydrogen (secondary N) is 3. The average Bonchev–Trinajstić information content (AvgIpc) is 3.45. The smallest absolute Gasteiger partial charge is 0.249 e. The number of carbonyl (C=O) groups excluding carboxylic acids is 1. The monoisotopic (exact) mass is 454 g/mol. The number of nitrogens with zero attached hydrogens (tertiary/aromatic N) is 1. The zero-order valence-corrected chi connectivity index (χ0v) is 17.9. The van der Waals surface area contributed by atoms with Crippen LogP contribution in [0.15, 0.2) is 47.5 Å².